The third kappa shape index (κ3) is 5.64. The molecule has 0 radical (unpaired) electrons. The second-order valence-corrected chi connectivity index (χ2v) is 8.18. The lowest BCUT2D eigenvalue weighted by Crippen LogP contribution is -2.46. The van der Waals surface area contributed by atoms with Crippen LogP contribution in [0.3, 0.4) is 0 Å². The second-order valence-electron chi connectivity index (χ2n) is 6.24. The molecule has 1 aliphatic heterocycles. The van der Waals surface area contributed by atoms with Crippen molar-refractivity contribution >= 4 is 28.3 Å². The Labute approximate surface area is 154 Å². The molecule has 2 unspecified atom stereocenters. The Bertz CT molecular complexity index is 670. The molecule has 2 atom stereocenters. The molecule has 0 aliphatic carbocycles. The van der Waals surface area contributed by atoms with Crippen molar-refractivity contribution in [3.05, 3.63) is 30.1 Å². The molecule has 1 fully saturated rings. The van der Waals surface area contributed by atoms with Crippen LogP contribution in [-0.2, 0) is 14.8 Å². The fourth-order valence-electron chi connectivity index (χ4n) is 2.63. The summed E-state index contributed by atoms with van der Waals surface area (Å²) in [6.07, 6.45) is 1.27. The molecule has 142 valence electrons. The standard InChI is InChI=1S/C16H24FN3O3S.ClH/c1-12(9-18)10-19-16(21)13-3-2-8-20(11-13)24(22,23)15-6-4-14(17)5-7-15;/h4-7,12-13H,2-3,8-11,18H2,1H3,(H,19,21);1H. The molecule has 0 spiro atoms. The molecule has 1 heterocycles. The largest absolute Gasteiger partial charge is 0.356 e. The number of benzene rings is 1. The van der Waals surface area contributed by atoms with Gasteiger partial charge in [0.25, 0.3) is 0 Å². The number of amides is 1. The van der Waals surface area contributed by atoms with Gasteiger partial charge >= 0.3 is 0 Å². The van der Waals surface area contributed by atoms with Gasteiger partial charge in [-0.1, -0.05) is 6.92 Å². The summed E-state index contributed by atoms with van der Waals surface area (Å²) in [7, 11) is -3.71. The molecule has 1 aliphatic rings. The number of carbonyl (C=O) groups excluding carboxylic acids is 1. The molecule has 0 bridgehead atoms. The number of hydrogen-bond acceptors (Lipinski definition) is 4. The van der Waals surface area contributed by atoms with Crippen molar-refractivity contribution in [2.45, 2.75) is 24.7 Å². The Kier molecular flexibility index (Phi) is 8.27. The quantitative estimate of drug-likeness (QED) is 0.763. The van der Waals surface area contributed by atoms with Gasteiger partial charge in [0.2, 0.25) is 15.9 Å². The summed E-state index contributed by atoms with van der Waals surface area (Å²) >= 11 is 0. The zero-order valence-electron chi connectivity index (χ0n) is 14.2. The Morgan fingerprint density at radius 3 is 2.64 bits per heavy atom. The zero-order valence-corrected chi connectivity index (χ0v) is 15.8. The number of piperidine rings is 1. The molecule has 1 aromatic rings. The van der Waals surface area contributed by atoms with Crippen LogP contribution in [0, 0.1) is 17.7 Å². The number of nitrogens with two attached hydrogens (primary N) is 1. The number of carbonyl (C=O) groups is 1. The van der Waals surface area contributed by atoms with Crippen LogP contribution < -0.4 is 11.1 Å². The molecule has 1 aromatic carbocycles. The van der Waals surface area contributed by atoms with E-state index in [-0.39, 0.29) is 41.6 Å². The number of rotatable bonds is 6. The molecular weight excluding hydrogens is 369 g/mol. The number of halogens is 2. The minimum atomic E-state index is -3.71. The Hall–Kier alpha value is -1.22. The first-order chi connectivity index (χ1) is 11.3. The Morgan fingerprint density at radius 2 is 2.04 bits per heavy atom. The van der Waals surface area contributed by atoms with Crippen LogP contribution in [0.4, 0.5) is 4.39 Å². The van der Waals surface area contributed by atoms with Crippen molar-refractivity contribution in [3.63, 3.8) is 0 Å². The van der Waals surface area contributed by atoms with Gasteiger partial charge in [-0.3, -0.25) is 4.79 Å². The van der Waals surface area contributed by atoms with Crippen LogP contribution in [0.15, 0.2) is 29.2 Å². The highest BCUT2D eigenvalue weighted by molar-refractivity contribution is 7.89. The van der Waals surface area contributed by atoms with E-state index in [1.54, 1.807) is 0 Å². The lowest BCUT2D eigenvalue weighted by molar-refractivity contribution is -0.126. The van der Waals surface area contributed by atoms with Crippen LogP contribution >= 0.6 is 12.4 Å². The highest BCUT2D eigenvalue weighted by atomic mass is 35.5. The third-order valence-corrected chi connectivity index (χ3v) is 6.11. The maximum atomic E-state index is 13.0. The van der Waals surface area contributed by atoms with Crippen LogP contribution in [0.2, 0.25) is 0 Å². The van der Waals surface area contributed by atoms with E-state index in [0.29, 0.717) is 32.5 Å². The van der Waals surface area contributed by atoms with E-state index in [0.717, 1.165) is 12.1 Å². The Morgan fingerprint density at radius 1 is 1.40 bits per heavy atom. The van der Waals surface area contributed by atoms with Crippen LogP contribution in [0.25, 0.3) is 0 Å². The number of nitrogens with zero attached hydrogens (tertiary/aromatic N) is 1. The summed E-state index contributed by atoms with van der Waals surface area (Å²) in [5.41, 5.74) is 5.53. The van der Waals surface area contributed by atoms with Gasteiger partial charge in [-0.15, -0.1) is 12.4 Å². The van der Waals surface area contributed by atoms with Crippen molar-refractivity contribution < 1.29 is 17.6 Å². The van der Waals surface area contributed by atoms with Gasteiger partial charge in [-0.25, -0.2) is 12.8 Å². The lowest BCUT2D eigenvalue weighted by atomic mass is 9.98. The molecule has 3 N–H and O–H groups in total. The van der Waals surface area contributed by atoms with Gasteiger partial charge in [0.05, 0.1) is 10.8 Å². The summed E-state index contributed by atoms with van der Waals surface area (Å²) in [5.74, 6) is -0.830. The van der Waals surface area contributed by atoms with Crippen molar-refractivity contribution in [3.8, 4) is 0 Å². The predicted molar refractivity (Wildman–Crippen MR) is 96.4 cm³/mol. The van der Waals surface area contributed by atoms with E-state index in [9.17, 15) is 17.6 Å². The zero-order chi connectivity index (χ0) is 17.7. The van der Waals surface area contributed by atoms with Crippen molar-refractivity contribution in [1.29, 1.82) is 0 Å². The van der Waals surface area contributed by atoms with E-state index >= 15 is 0 Å². The van der Waals surface area contributed by atoms with Gasteiger partial charge in [-0.05, 0) is 49.6 Å². The van der Waals surface area contributed by atoms with E-state index in [1.807, 2.05) is 6.92 Å². The maximum absolute atomic E-state index is 13.0. The molecule has 6 nitrogen and oxygen atoms in total. The first-order valence-corrected chi connectivity index (χ1v) is 9.52. The van der Waals surface area contributed by atoms with E-state index in [2.05, 4.69) is 5.32 Å². The van der Waals surface area contributed by atoms with Gasteiger partial charge in [0, 0.05) is 19.6 Å². The van der Waals surface area contributed by atoms with Crippen molar-refractivity contribution in [2.75, 3.05) is 26.2 Å². The minimum Gasteiger partial charge on any atom is -0.356 e. The summed E-state index contributed by atoms with van der Waals surface area (Å²) in [4.78, 5) is 12.3. The molecule has 1 amide bonds. The fourth-order valence-corrected chi connectivity index (χ4v) is 4.16. The number of hydrogen-bond donors (Lipinski definition) is 2. The Balaban J connectivity index is 0.00000312. The summed E-state index contributed by atoms with van der Waals surface area (Å²) < 4.78 is 39.6. The smallest absolute Gasteiger partial charge is 0.243 e. The van der Waals surface area contributed by atoms with Crippen LogP contribution in [-0.4, -0.2) is 44.8 Å². The lowest BCUT2D eigenvalue weighted by Gasteiger charge is -2.31. The van der Waals surface area contributed by atoms with Gasteiger partial charge in [0.1, 0.15) is 5.82 Å². The van der Waals surface area contributed by atoms with Gasteiger partial charge < -0.3 is 11.1 Å². The monoisotopic (exact) mass is 393 g/mol. The second kappa shape index (κ2) is 9.47. The average molecular weight is 394 g/mol. The average Bonchev–Trinajstić information content (AvgIpc) is 2.59. The SMILES string of the molecule is CC(CN)CNC(=O)C1CCCN(S(=O)(=O)c2ccc(F)cc2)C1.Cl. The molecular formula is C16H25ClFN3O3S. The molecule has 0 aromatic heterocycles. The molecule has 9 heteroatoms. The molecule has 0 saturated carbocycles. The first kappa shape index (κ1) is 21.8. The van der Waals surface area contributed by atoms with E-state index in [1.165, 1.54) is 16.4 Å². The van der Waals surface area contributed by atoms with E-state index < -0.39 is 15.8 Å². The van der Waals surface area contributed by atoms with Crippen molar-refractivity contribution in [1.82, 2.24) is 9.62 Å². The molecule has 2 rings (SSSR count). The summed E-state index contributed by atoms with van der Waals surface area (Å²) in [6, 6.07) is 4.74. The van der Waals surface area contributed by atoms with E-state index in [4.69, 9.17) is 5.73 Å². The first-order valence-electron chi connectivity index (χ1n) is 8.08. The topological polar surface area (TPSA) is 92.5 Å². The van der Waals surface area contributed by atoms with Crippen LogP contribution in [0.1, 0.15) is 19.8 Å². The van der Waals surface area contributed by atoms with Crippen LogP contribution in [0.5, 0.6) is 0 Å². The van der Waals surface area contributed by atoms with Gasteiger partial charge in [-0.2, -0.15) is 4.31 Å². The molecule has 1 saturated heterocycles. The van der Waals surface area contributed by atoms with Crippen molar-refractivity contribution in [2.24, 2.45) is 17.6 Å². The highest BCUT2D eigenvalue weighted by Crippen LogP contribution is 2.24. The van der Waals surface area contributed by atoms with Gasteiger partial charge in [0.15, 0.2) is 0 Å². The molecule has 25 heavy (non-hydrogen) atoms. The summed E-state index contributed by atoms with van der Waals surface area (Å²) in [6.45, 7) is 3.41. The maximum Gasteiger partial charge on any atom is 0.243 e. The number of nitrogens with one attached hydrogen (secondary N) is 1. The fraction of sp³-hybridized carbons (Fsp3) is 0.562. The highest BCUT2D eigenvalue weighted by Gasteiger charge is 2.33. The minimum absolute atomic E-state index is 0. The summed E-state index contributed by atoms with van der Waals surface area (Å²) in [5, 5.41) is 2.83. The number of sulfonamides is 1. The predicted octanol–water partition coefficient (Wildman–Crippen LogP) is 1.36. The normalized spacial score (nSPS) is 19.7. The third-order valence-electron chi connectivity index (χ3n) is 4.23.